The Labute approximate surface area is 108 Å². The van der Waals surface area contributed by atoms with Gasteiger partial charge in [-0.25, -0.2) is 8.42 Å². The van der Waals surface area contributed by atoms with Crippen LogP contribution in [0.15, 0.2) is 23.1 Å². The van der Waals surface area contributed by atoms with E-state index >= 15 is 0 Å². The smallest absolute Gasteiger partial charge is 0.246 e. The van der Waals surface area contributed by atoms with Crippen LogP contribution < -0.4 is 10.1 Å². The van der Waals surface area contributed by atoms with Gasteiger partial charge in [0.05, 0.1) is 7.11 Å². The maximum absolute atomic E-state index is 12.5. The summed E-state index contributed by atoms with van der Waals surface area (Å²) in [6.07, 6.45) is 0. The van der Waals surface area contributed by atoms with E-state index in [1.807, 2.05) is 13.0 Å². The summed E-state index contributed by atoms with van der Waals surface area (Å²) in [4.78, 5) is 0.256. The van der Waals surface area contributed by atoms with Crippen molar-refractivity contribution >= 4 is 10.0 Å². The van der Waals surface area contributed by atoms with Crippen LogP contribution in [-0.2, 0) is 10.0 Å². The lowest BCUT2D eigenvalue weighted by atomic mass is 10.2. The summed E-state index contributed by atoms with van der Waals surface area (Å²) >= 11 is 0. The molecule has 6 heteroatoms. The van der Waals surface area contributed by atoms with Gasteiger partial charge in [0.25, 0.3) is 0 Å². The minimum absolute atomic E-state index is 0.256. The van der Waals surface area contributed by atoms with Crippen molar-refractivity contribution in [2.45, 2.75) is 11.8 Å². The largest absolute Gasteiger partial charge is 0.495 e. The van der Waals surface area contributed by atoms with Crippen LogP contribution in [0, 0.1) is 6.92 Å². The van der Waals surface area contributed by atoms with Crippen molar-refractivity contribution in [2.24, 2.45) is 0 Å². The maximum atomic E-state index is 12.5. The molecule has 0 aliphatic carbocycles. The first kappa shape index (κ1) is 13.3. The summed E-state index contributed by atoms with van der Waals surface area (Å²) in [5.74, 6) is 0.402. The van der Waals surface area contributed by atoms with Gasteiger partial charge in [0, 0.05) is 26.2 Å². The van der Waals surface area contributed by atoms with E-state index < -0.39 is 10.0 Å². The van der Waals surface area contributed by atoms with Crippen LogP contribution >= 0.6 is 0 Å². The van der Waals surface area contributed by atoms with Crippen LogP contribution in [0.1, 0.15) is 5.56 Å². The van der Waals surface area contributed by atoms with Gasteiger partial charge in [-0.15, -0.1) is 0 Å². The van der Waals surface area contributed by atoms with Gasteiger partial charge < -0.3 is 10.1 Å². The van der Waals surface area contributed by atoms with Crippen LogP contribution in [0.3, 0.4) is 0 Å². The molecule has 0 amide bonds. The zero-order valence-electron chi connectivity index (χ0n) is 10.6. The Balaban J connectivity index is 2.42. The molecule has 1 saturated heterocycles. The Morgan fingerprint density at radius 1 is 1.28 bits per heavy atom. The van der Waals surface area contributed by atoms with Gasteiger partial charge in [0.1, 0.15) is 10.6 Å². The highest BCUT2D eigenvalue weighted by atomic mass is 32.2. The minimum atomic E-state index is -3.46. The van der Waals surface area contributed by atoms with Crippen molar-refractivity contribution in [3.8, 4) is 5.75 Å². The third-order valence-electron chi connectivity index (χ3n) is 3.01. The summed E-state index contributed by atoms with van der Waals surface area (Å²) in [6, 6.07) is 5.20. The average molecular weight is 270 g/mol. The van der Waals surface area contributed by atoms with E-state index in [1.165, 1.54) is 11.4 Å². The summed E-state index contributed by atoms with van der Waals surface area (Å²) in [5, 5.41) is 3.14. The molecule has 1 aromatic rings. The molecule has 0 spiro atoms. The Bertz CT molecular complexity index is 522. The van der Waals surface area contributed by atoms with Crippen molar-refractivity contribution < 1.29 is 13.2 Å². The first-order valence-electron chi connectivity index (χ1n) is 5.91. The van der Waals surface area contributed by atoms with Crippen molar-refractivity contribution in [1.82, 2.24) is 9.62 Å². The first-order chi connectivity index (χ1) is 8.55. The minimum Gasteiger partial charge on any atom is -0.495 e. The van der Waals surface area contributed by atoms with Gasteiger partial charge in [0.15, 0.2) is 0 Å². The van der Waals surface area contributed by atoms with Crippen LogP contribution in [0.2, 0.25) is 0 Å². The van der Waals surface area contributed by atoms with Gasteiger partial charge >= 0.3 is 0 Å². The molecule has 2 rings (SSSR count). The van der Waals surface area contributed by atoms with Crippen LogP contribution in [-0.4, -0.2) is 46.0 Å². The molecule has 1 N–H and O–H groups in total. The summed E-state index contributed by atoms with van der Waals surface area (Å²) in [7, 11) is -1.97. The number of ether oxygens (including phenoxy) is 1. The molecular weight excluding hydrogens is 252 g/mol. The van der Waals surface area contributed by atoms with Gasteiger partial charge in [-0.1, -0.05) is 6.07 Å². The number of nitrogens with one attached hydrogen (secondary N) is 1. The van der Waals surface area contributed by atoms with Gasteiger partial charge in [-0.3, -0.25) is 0 Å². The fraction of sp³-hybridized carbons (Fsp3) is 0.500. The standard InChI is InChI=1S/C12H18N2O3S/c1-10-3-4-11(17-2)12(9-10)18(15,16)14-7-5-13-6-8-14/h3-4,9,13H,5-8H2,1-2H3. The number of benzene rings is 1. The lowest BCUT2D eigenvalue weighted by molar-refractivity contribution is 0.355. The molecular formula is C12H18N2O3S. The van der Waals surface area contributed by atoms with E-state index in [0.717, 1.165) is 5.56 Å². The quantitative estimate of drug-likeness (QED) is 0.873. The van der Waals surface area contributed by atoms with Crippen molar-refractivity contribution in [1.29, 1.82) is 0 Å². The number of aryl methyl sites for hydroxylation is 1. The molecule has 0 unspecified atom stereocenters. The number of rotatable bonds is 3. The lowest BCUT2D eigenvalue weighted by Crippen LogP contribution is -2.46. The summed E-state index contributed by atoms with van der Waals surface area (Å²) in [5.41, 5.74) is 0.907. The van der Waals surface area contributed by atoms with Gasteiger partial charge in [-0.05, 0) is 24.6 Å². The molecule has 1 aromatic carbocycles. The third-order valence-corrected chi connectivity index (χ3v) is 4.93. The van der Waals surface area contributed by atoms with Crippen molar-refractivity contribution in [3.05, 3.63) is 23.8 Å². The van der Waals surface area contributed by atoms with E-state index in [0.29, 0.717) is 31.9 Å². The zero-order chi connectivity index (χ0) is 13.2. The molecule has 0 radical (unpaired) electrons. The number of nitrogens with zero attached hydrogens (tertiary/aromatic N) is 1. The molecule has 18 heavy (non-hydrogen) atoms. The Hall–Kier alpha value is -1.11. The van der Waals surface area contributed by atoms with Gasteiger partial charge in [0.2, 0.25) is 10.0 Å². The SMILES string of the molecule is COc1ccc(C)cc1S(=O)(=O)N1CCNCC1. The molecule has 0 bridgehead atoms. The highest BCUT2D eigenvalue weighted by Crippen LogP contribution is 2.27. The highest BCUT2D eigenvalue weighted by molar-refractivity contribution is 7.89. The Morgan fingerprint density at radius 3 is 2.56 bits per heavy atom. The molecule has 100 valence electrons. The molecule has 1 fully saturated rings. The van der Waals surface area contributed by atoms with Crippen LogP contribution in [0.5, 0.6) is 5.75 Å². The maximum Gasteiger partial charge on any atom is 0.246 e. The second kappa shape index (κ2) is 5.26. The average Bonchev–Trinajstić information content (AvgIpc) is 2.39. The van der Waals surface area contributed by atoms with E-state index in [1.54, 1.807) is 12.1 Å². The second-order valence-corrected chi connectivity index (χ2v) is 6.21. The fourth-order valence-corrected chi connectivity index (χ4v) is 3.69. The number of hydrogen-bond acceptors (Lipinski definition) is 4. The molecule has 0 aromatic heterocycles. The summed E-state index contributed by atoms with van der Waals surface area (Å²) in [6.45, 7) is 4.25. The lowest BCUT2D eigenvalue weighted by Gasteiger charge is -2.27. The normalized spacial score (nSPS) is 17.7. The zero-order valence-corrected chi connectivity index (χ0v) is 11.5. The highest BCUT2D eigenvalue weighted by Gasteiger charge is 2.28. The topological polar surface area (TPSA) is 58.6 Å². The second-order valence-electron chi connectivity index (χ2n) is 4.31. The van der Waals surface area contributed by atoms with E-state index in [-0.39, 0.29) is 4.90 Å². The predicted molar refractivity (Wildman–Crippen MR) is 69.4 cm³/mol. The molecule has 1 aliphatic rings. The summed E-state index contributed by atoms with van der Waals surface area (Å²) < 4.78 is 31.7. The van der Waals surface area contributed by atoms with E-state index in [9.17, 15) is 8.42 Å². The number of hydrogen-bond donors (Lipinski definition) is 1. The molecule has 1 heterocycles. The number of sulfonamides is 1. The van der Waals surface area contributed by atoms with E-state index in [2.05, 4.69) is 5.32 Å². The molecule has 5 nitrogen and oxygen atoms in total. The van der Waals surface area contributed by atoms with Crippen LogP contribution in [0.25, 0.3) is 0 Å². The third kappa shape index (κ3) is 2.50. The monoisotopic (exact) mass is 270 g/mol. The molecule has 1 aliphatic heterocycles. The Kier molecular flexibility index (Phi) is 3.89. The van der Waals surface area contributed by atoms with Crippen LogP contribution in [0.4, 0.5) is 0 Å². The molecule has 0 atom stereocenters. The number of piperazine rings is 1. The predicted octanol–water partition coefficient (Wildman–Crippen LogP) is 0.598. The van der Waals surface area contributed by atoms with Crippen molar-refractivity contribution in [3.63, 3.8) is 0 Å². The number of methoxy groups -OCH3 is 1. The van der Waals surface area contributed by atoms with Crippen molar-refractivity contribution in [2.75, 3.05) is 33.3 Å². The fourth-order valence-electron chi connectivity index (χ4n) is 2.01. The molecule has 0 saturated carbocycles. The Morgan fingerprint density at radius 2 is 1.94 bits per heavy atom. The van der Waals surface area contributed by atoms with Gasteiger partial charge in [-0.2, -0.15) is 4.31 Å². The first-order valence-corrected chi connectivity index (χ1v) is 7.35. The van der Waals surface area contributed by atoms with E-state index in [4.69, 9.17) is 4.74 Å².